The minimum absolute atomic E-state index is 0.0596. The van der Waals surface area contributed by atoms with E-state index in [1.165, 1.54) is 35.2 Å². The molecule has 0 spiro atoms. The number of hydrogen-bond acceptors (Lipinski definition) is 7. The standard InChI is InChI=1S/C27H19FN4O2S3/c28-19-15-18(31-27(35)32-23(33)14-17-6-2-1-3-7-17)9-10-21(19)34-22-11-13-29-20-16-25(37-26(20)22)36-24-8-4-5-12-30-24/h1-13,15-16H,14H2,(H2,31,32,33,35). The first kappa shape index (κ1) is 24.8. The number of carbonyl (C=O) groups excluding carboxylic acids is 1. The Kier molecular flexibility index (Phi) is 7.69. The zero-order valence-electron chi connectivity index (χ0n) is 19.2. The third-order valence-electron chi connectivity index (χ3n) is 5.07. The van der Waals surface area contributed by atoms with E-state index < -0.39 is 5.82 Å². The molecule has 37 heavy (non-hydrogen) atoms. The van der Waals surface area contributed by atoms with Gasteiger partial charge in [-0.2, -0.15) is 0 Å². The average Bonchev–Trinajstić information content (AvgIpc) is 3.30. The van der Waals surface area contributed by atoms with E-state index in [0.717, 1.165) is 25.0 Å². The van der Waals surface area contributed by atoms with Crippen LogP contribution in [0.2, 0.25) is 0 Å². The molecule has 1 amide bonds. The van der Waals surface area contributed by atoms with Crippen molar-refractivity contribution in [3.8, 4) is 11.5 Å². The topological polar surface area (TPSA) is 76.1 Å². The van der Waals surface area contributed by atoms with E-state index in [1.807, 2.05) is 54.6 Å². The summed E-state index contributed by atoms with van der Waals surface area (Å²) in [5.74, 6) is -0.272. The zero-order valence-corrected chi connectivity index (χ0v) is 21.6. The van der Waals surface area contributed by atoms with Crippen LogP contribution in [-0.4, -0.2) is 21.0 Å². The van der Waals surface area contributed by atoms with Gasteiger partial charge >= 0.3 is 0 Å². The van der Waals surface area contributed by atoms with Crippen LogP contribution in [0.5, 0.6) is 11.5 Å². The number of rotatable bonds is 7. The molecular weight excluding hydrogens is 528 g/mol. The maximum absolute atomic E-state index is 14.9. The molecule has 0 radical (unpaired) electrons. The Labute approximate surface area is 225 Å². The lowest BCUT2D eigenvalue weighted by atomic mass is 10.1. The van der Waals surface area contributed by atoms with Crippen molar-refractivity contribution < 1.29 is 13.9 Å². The van der Waals surface area contributed by atoms with Gasteiger partial charge in [0.2, 0.25) is 5.91 Å². The predicted molar refractivity (Wildman–Crippen MR) is 149 cm³/mol. The van der Waals surface area contributed by atoms with E-state index >= 15 is 0 Å². The lowest BCUT2D eigenvalue weighted by Gasteiger charge is -2.12. The van der Waals surface area contributed by atoms with Crippen molar-refractivity contribution in [1.29, 1.82) is 0 Å². The number of pyridine rings is 2. The number of aromatic nitrogens is 2. The highest BCUT2D eigenvalue weighted by atomic mass is 32.2. The number of nitrogens with one attached hydrogen (secondary N) is 2. The van der Waals surface area contributed by atoms with Gasteiger partial charge in [-0.25, -0.2) is 9.37 Å². The first-order chi connectivity index (χ1) is 18.0. The summed E-state index contributed by atoms with van der Waals surface area (Å²) >= 11 is 8.24. The van der Waals surface area contributed by atoms with Crippen LogP contribution in [0.15, 0.2) is 100 Å². The van der Waals surface area contributed by atoms with Crippen LogP contribution in [0.25, 0.3) is 10.2 Å². The molecule has 3 heterocycles. The second-order valence-electron chi connectivity index (χ2n) is 7.77. The summed E-state index contributed by atoms with van der Waals surface area (Å²) in [4.78, 5) is 21.0. The van der Waals surface area contributed by atoms with Crippen LogP contribution in [-0.2, 0) is 11.2 Å². The fourth-order valence-corrected chi connectivity index (χ4v) is 5.77. The first-order valence-corrected chi connectivity index (χ1v) is 13.2. The molecule has 0 unspecified atom stereocenters. The number of anilines is 1. The van der Waals surface area contributed by atoms with Crippen LogP contribution in [0, 0.1) is 5.82 Å². The Morgan fingerprint density at radius 2 is 1.81 bits per heavy atom. The smallest absolute Gasteiger partial charge is 0.230 e. The molecule has 0 bridgehead atoms. The van der Waals surface area contributed by atoms with Gasteiger partial charge in [-0.3, -0.25) is 9.78 Å². The van der Waals surface area contributed by atoms with Gasteiger partial charge in [-0.1, -0.05) is 48.2 Å². The van der Waals surface area contributed by atoms with Gasteiger partial charge in [-0.05, 0) is 48.1 Å². The van der Waals surface area contributed by atoms with E-state index in [-0.39, 0.29) is 23.2 Å². The number of benzene rings is 2. The van der Waals surface area contributed by atoms with Crippen molar-refractivity contribution in [2.45, 2.75) is 15.7 Å². The van der Waals surface area contributed by atoms with Gasteiger partial charge in [0.25, 0.3) is 0 Å². The number of thiophene rings is 1. The fraction of sp³-hybridized carbons (Fsp3) is 0.0370. The Bertz CT molecular complexity index is 1560. The Hall–Kier alpha value is -3.86. The summed E-state index contributed by atoms with van der Waals surface area (Å²) in [5, 5.41) is 6.40. The zero-order chi connectivity index (χ0) is 25.6. The highest BCUT2D eigenvalue weighted by Gasteiger charge is 2.14. The number of hydrogen-bond donors (Lipinski definition) is 2. The lowest BCUT2D eigenvalue weighted by Crippen LogP contribution is -2.35. The Balaban J connectivity index is 1.24. The average molecular weight is 547 g/mol. The molecule has 6 nitrogen and oxygen atoms in total. The molecule has 0 saturated heterocycles. The normalized spacial score (nSPS) is 10.7. The summed E-state index contributed by atoms with van der Waals surface area (Å²) in [7, 11) is 0. The van der Waals surface area contributed by atoms with Gasteiger partial charge in [0.1, 0.15) is 10.8 Å². The van der Waals surface area contributed by atoms with Gasteiger partial charge in [-0.15, -0.1) is 11.3 Å². The molecule has 0 saturated carbocycles. The van der Waals surface area contributed by atoms with Crippen molar-refractivity contribution in [3.05, 3.63) is 103 Å². The third kappa shape index (κ3) is 6.48. The molecule has 0 aliphatic carbocycles. The summed E-state index contributed by atoms with van der Waals surface area (Å²) in [5.41, 5.74) is 2.02. The number of ether oxygens (including phenoxy) is 1. The molecule has 0 aliphatic rings. The summed E-state index contributed by atoms with van der Waals surface area (Å²) in [6, 6.07) is 23.1. The van der Waals surface area contributed by atoms with E-state index in [0.29, 0.717) is 11.4 Å². The largest absolute Gasteiger partial charge is 0.453 e. The molecule has 0 atom stereocenters. The Morgan fingerprint density at radius 3 is 2.59 bits per heavy atom. The van der Waals surface area contributed by atoms with E-state index in [4.69, 9.17) is 17.0 Å². The summed E-state index contributed by atoms with van der Waals surface area (Å²) in [6.45, 7) is 0. The number of fused-ring (bicyclic) bond motifs is 1. The quantitative estimate of drug-likeness (QED) is 0.217. The monoisotopic (exact) mass is 546 g/mol. The van der Waals surface area contributed by atoms with Gasteiger partial charge in [0.15, 0.2) is 16.7 Å². The highest BCUT2D eigenvalue weighted by Crippen LogP contribution is 2.41. The first-order valence-electron chi connectivity index (χ1n) is 11.1. The molecular formula is C27H19FN4O2S3. The summed E-state index contributed by atoms with van der Waals surface area (Å²) < 4.78 is 22.6. The predicted octanol–water partition coefficient (Wildman–Crippen LogP) is 6.83. The number of carbonyl (C=O) groups is 1. The van der Waals surface area contributed by atoms with Crippen LogP contribution in [0.4, 0.5) is 10.1 Å². The summed E-state index contributed by atoms with van der Waals surface area (Å²) in [6.07, 6.45) is 3.56. The van der Waals surface area contributed by atoms with Crippen molar-refractivity contribution in [2.75, 3.05) is 5.32 Å². The molecule has 5 rings (SSSR count). The van der Waals surface area contributed by atoms with Gasteiger partial charge in [0, 0.05) is 30.2 Å². The maximum atomic E-state index is 14.9. The number of halogens is 1. The molecule has 10 heteroatoms. The fourth-order valence-electron chi connectivity index (χ4n) is 3.43. The molecule has 0 aliphatic heterocycles. The molecule has 0 fully saturated rings. The van der Waals surface area contributed by atoms with E-state index in [1.54, 1.807) is 24.5 Å². The van der Waals surface area contributed by atoms with Gasteiger partial charge in [0.05, 0.1) is 20.8 Å². The van der Waals surface area contributed by atoms with Crippen molar-refractivity contribution in [3.63, 3.8) is 0 Å². The van der Waals surface area contributed by atoms with Crippen LogP contribution in [0.3, 0.4) is 0 Å². The van der Waals surface area contributed by atoms with Crippen LogP contribution < -0.4 is 15.4 Å². The number of amides is 1. The van der Waals surface area contributed by atoms with Gasteiger partial charge < -0.3 is 15.4 Å². The van der Waals surface area contributed by atoms with E-state index in [2.05, 4.69) is 20.6 Å². The second-order valence-corrected chi connectivity index (χ2v) is 10.6. The number of thiocarbonyl (C=S) groups is 1. The molecule has 3 aromatic heterocycles. The molecule has 184 valence electrons. The maximum Gasteiger partial charge on any atom is 0.230 e. The Morgan fingerprint density at radius 1 is 0.973 bits per heavy atom. The number of nitrogens with zero attached hydrogens (tertiary/aromatic N) is 2. The molecule has 2 aromatic carbocycles. The second kappa shape index (κ2) is 11.5. The molecule has 2 N–H and O–H groups in total. The van der Waals surface area contributed by atoms with Crippen LogP contribution in [0.1, 0.15) is 5.56 Å². The SMILES string of the molecule is O=C(Cc1ccccc1)NC(=S)Nc1ccc(Oc2ccnc3cc(Sc4ccccn4)sc23)c(F)c1. The van der Waals surface area contributed by atoms with Crippen molar-refractivity contribution in [1.82, 2.24) is 15.3 Å². The lowest BCUT2D eigenvalue weighted by molar-refractivity contribution is -0.119. The third-order valence-corrected chi connectivity index (χ3v) is 7.47. The molecule has 5 aromatic rings. The van der Waals surface area contributed by atoms with Crippen molar-refractivity contribution in [2.24, 2.45) is 0 Å². The van der Waals surface area contributed by atoms with E-state index in [9.17, 15) is 9.18 Å². The van der Waals surface area contributed by atoms with Crippen LogP contribution >= 0.6 is 35.3 Å². The minimum Gasteiger partial charge on any atom is -0.453 e. The minimum atomic E-state index is -0.576. The van der Waals surface area contributed by atoms with Crippen molar-refractivity contribution >= 4 is 62.2 Å². The highest BCUT2D eigenvalue weighted by molar-refractivity contribution is 8.01.